The van der Waals surface area contributed by atoms with E-state index >= 15 is 0 Å². The van der Waals surface area contributed by atoms with Gasteiger partial charge in [-0.05, 0) is 24.5 Å². The highest BCUT2D eigenvalue weighted by Gasteiger charge is 2.23. The first-order valence-corrected chi connectivity index (χ1v) is 8.32. The molecule has 0 saturated heterocycles. The predicted molar refractivity (Wildman–Crippen MR) is 94.3 cm³/mol. The fourth-order valence-corrected chi connectivity index (χ4v) is 2.46. The van der Waals surface area contributed by atoms with Gasteiger partial charge in [0, 0.05) is 0 Å². The Hall–Kier alpha value is -2.66. The predicted octanol–water partition coefficient (Wildman–Crippen LogP) is 3.00. The molecule has 2 aromatic carbocycles. The molecule has 0 aromatic heterocycles. The lowest BCUT2D eigenvalue weighted by atomic mass is 9.99. The number of ether oxygens (including phenoxy) is 1. The van der Waals surface area contributed by atoms with Crippen LogP contribution in [0, 0.1) is 5.92 Å². The number of carbonyl (C=O) groups excluding carboxylic acids is 2. The standard InChI is InChI=1S/C20H23NO4/c1-2-24-20(23)19(13-17-9-5-3-6-10-17)14-21(16-22)25-15-18-11-7-4-8-12-18/h3-12,16,19H,2,13-15H2,1H3. The summed E-state index contributed by atoms with van der Waals surface area (Å²) in [7, 11) is 0. The van der Waals surface area contributed by atoms with Crippen molar-refractivity contribution in [1.82, 2.24) is 5.06 Å². The minimum absolute atomic E-state index is 0.143. The third-order valence-corrected chi connectivity index (χ3v) is 3.70. The fourth-order valence-electron chi connectivity index (χ4n) is 2.46. The summed E-state index contributed by atoms with van der Waals surface area (Å²) in [5.74, 6) is -0.815. The van der Waals surface area contributed by atoms with Gasteiger partial charge < -0.3 is 4.74 Å². The molecule has 0 heterocycles. The lowest BCUT2D eigenvalue weighted by Gasteiger charge is -2.22. The Morgan fingerprint density at radius 1 is 1.04 bits per heavy atom. The monoisotopic (exact) mass is 341 g/mol. The van der Waals surface area contributed by atoms with Crippen LogP contribution >= 0.6 is 0 Å². The molecule has 5 nitrogen and oxygen atoms in total. The van der Waals surface area contributed by atoms with Crippen LogP contribution in [-0.2, 0) is 32.2 Å². The molecular weight excluding hydrogens is 318 g/mol. The molecule has 25 heavy (non-hydrogen) atoms. The summed E-state index contributed by atoms with van der Waals surface area (Å²) in [4.78, 5) is 29.1. The molecular formula is C20H23NO4. The molecule has 2 aromatic rings. The third kappa shape index (κ3) is 6.39. The van der Waals surface area contributed by atoms with Crippen LogP contribution < -0.4 is 0 Å². The molecule has 0 bridgehead atoms. The number of amides is 1. The number of benzene rings is 2. The number of hydroxylamine groups is 2. The topological polar surface area (TPSA) is 55.8 Å². The first kappa shape index (κ1) is 18.7. The van der Waals surface area contributed by atoms with E-state index in [4.69, 9.17) is 9.57 Å². The second-order valence-corrected chi connectivity index (χ2v) is 5.60. The number of hydrogen-bond donors (Lipinski definition) is 0. The van der Waals surface area contributed by atoms with E-state index in [1.807, 2.05) is 60.7 Å². The molecule has 0 aliphatic rings. The van der Waals surface area contributed by atoms with Crippen molar-refractivity contribution in [2.24, 2.45) is 5.92 Å². The van der Waals surface area contributed by atoms with E-state index in [1.54, 1.807) is 6.92 Å². The summed E-state index contributed by atoms with van der Waals surface area (Å²) in [6, 6.07) is 19.2. The summed E-state index contributed by atoms with van der Waals surface area (Å²) < 4.78 is 5.15. The SMILES string of the molecule is CCOC(=O)C(Cc1ccccc1)CN(C=O)OCc1ccccc1. The van der Waals surface area contributed by atoms with Crippen LogP contribution in [0.3, 0.4) is 0 Å². The van der Waals surface area contributed by atoms with Crippen molar-refractivity contribution in [3.8, 4) is 0 Å². The molecule has 0 aliphatic carbocycles. The molecule has 132 valence electrons. The number of esters is 1. The van der Waals surface area contributed by atoms with Gasteiger partial charge in [0.05, 0.1) is 19.1 Å². The second kappa shape index (κ2) is 10.3. The molecule has 0 saturated carbocycles. The molecule has 0 fully saturated rings. The van der Waals surface area contributed by atoms with Crippen molar-refractivity contribution in [2.45, 2.75) is 20.0 Å². The van der Waals surface area contributed by atoms with Crippen LogP contribution in [0.2, 0.25) is 0 Å². The van der Waals surface area contributed by atoms with Crippen molar-refractivity contribution in [3.63, 3.8) is 0 Å². The first-order valence-electron chi connectivity index (χ1n) is 8.32. The molecule has 2 rings (SSSR count). The Labute approximate surface area is 148 Å². The summed E-state index contributed by atoms with van der Waals surface area (Å²) in [5.41, 5.74) is 1.96. The smallest absolute Gasteiger partial charge is 0.311 e. The van der Waals surface area contributed by atoms with Gasteiger partial charge in [0.2, 0.25) is 6.41 Å². The van der Waals surface area contributed by atoms with Gasteiger partial charge >= 0.3 is 5.97 Å². The van der Waals surface area contributed by atoms with Crippen LogP contribution in [0.5, 0.6) is 0 Å². The largest absolute Gasteiger partial charge is 0.466 e. The number of nitrogens with zero attached hydrogens (tertiary/aromatic N) is 1. The van der Waals surface area contributed by atoms with E-state index in [1.165, 1.54) is 0 Å². The zero-order valence-electron chi connectivity index (χ0n) is 14.3. The minimum atomic E-state index is -0.483. The van der Waals surface area contributed by atoms with Crippen LogP contribution in [0.1, 0.15) is 18.1 Å². The van der Waals surface area contributed by atoms with E-state index < -0.39 is 5.92 Å². The summed E-state index contributed by atoms with van der Waals surface area (Å²) in [6.07, 6.45) is 1.08. The van der Waals surface area contributed by atoms with Crippen molar-refractivity contribution in [3.05, 3.63) is 71.8 Å². The molecule has 0 N–H and O–H groups in total. The first-order chi connectivity index (χ1) is 12.2. The van der Waals surface area contributed by atoms with E-state index in [0.29, 0.717) is 19.4 Å². The highest BCUT2D eigenvalue weighted by atomic mass is 16.7. The highest BCUT2D eigenvalue weighted by Crippen LogP contribution is 2.13. The molecule has 1 amide bonds. The summed E-state index contributed by atoms with van der Waals surface area (Å²) in [5, 5.41) is 1.16. The van der Waals surface area contributed by atoms with Crippen molar-refractivity contribution >= 4 is 12.4 Å². The van der Waals surface area contributed by atoms with E-state index in [2.05, 4.69) is 0 Å². The average Bonchev–Trinajstić information content (AvgIpc) is 2.66. The highest BCUT2D eigenvalue weighted by molar-refractivity contribution is 5.73. The quantitative estimate of drug-likeness (QED) is 0.379. The van der Waals surface area contributed by atoms with Gasteiger partial charge in [-0.25, -0.2) is 5.06 Å². The zero-order chi connectivity index (χ0) is 17.9. The number of carbonyl (C=O) groups is 2. The molecule has 0 spiro atoms. The van der Waals surface area contributed by atoms with Gasteiger partial charge in [0.25, 0.3) is 0 Å². The van der Waals surface area contributed by atoms with E-state index in [9.17, 15) is 9.59 Å². The third-order valence-electron chi connectivity index (χ3n) is 3.70. The Balaban J connectivity index is 1.99. The Kier molecular flexibility index (Phi) is 7.66. The lowest BCUT2D eigenvalue weighted by Crippen LogP contribution is -2.34. The van der Waals surface area contributed by atoms with E-state index in [0.717, 1.165) is 16.2 Å². The molecule has 1 atom stereocenters. The maximum Gasteiger partial charge on any atom is 0.311 e. The summed E-state index contributed by atoms with van der Waals surface area (Å²) >= 11 is 0. The maximum atomic E-state index is 12.3. The van der Waals surface area contributed by atoms with Gasteiger partial charge in [-0.3, -0.25) is 14.4 Å². The van der Waals surface area contributed by atoms with Gasteiger partial charge in [-0.15, -0.1) is 0 Å². The van der Waals surface area contributed by atoms with Gasteiger partial charge in [0.1, 0.15) is 6.61 Å². The van der Waals surface area contributed by atoms with Crippen LogP contribution in [0.15, 0.2) is 60.7 Å². The van der Waals surface area contributed by atoms with E-state index in [-0.39, 0.29) is 19.1 Å². The fraction of sp³-hybridized carbons (Fsp3) is 0.300. The zero-order valence-corrected chi connectivity index (χ0v) is 14.3. The number of rotatable bonds is 10. The molecule has 5 heteroatoms. The van der Waals surface area contributed by atoms with Gasteiger partial charge in [-0.2, -0.15) is 0 Å². The van der Waals surface area contributed by atoms with Crippen molar-refractivity contribution < 1.29 is 19.2 Å². The lowest BCUT2D eigenvalue weighted by molar-refractivity contribution is -0.184. The van der Waals surface area contributed by atoms with Crippen LogP contribution in [0.4, 0.5) is 0 Å². The molecule has 1 unspecified atom stereocenters. The molecule has 0 aliphatic heterocycles. The molecule has 0 radical (unpaired) electrons. The Bertz CT molecular complexity index is 645. The average molecular weight is 341 g/mol. The van der Waals surface area contributed by atoms with Crippen molar-refractivity contribution in [2.75, 3.05) is 13.2 Å². The Morgan fingerprint density at radius 2 is 1.64 bits per heavy atom. The minimum Gasteiger partial charge on any atom is -0.466 e. The Morgan fingerprint density at radius 3 is 2.20 bits per heavy atom. The van der Waals surface area contributed by atoms with Crippen LogP contribution in [0.25, 0.3) is 0 Å². The second-order valence-electron chi connectivity index (χ2n) is 5.60. The van der Waals surface area contributed by atoms with Crippen molar-refractivity contribution in [1.29, 1.82) is 0 Å². The van der Waals surface area contributed by atoms with Gasteiger partial charge in [0.15, 0.2) is 0 Å². The number of hydrogen-bond acceptors (Lipinski definition) is 4. The normalized spacial score (nSPS) is 11.6. The summed E-state index contributed by atoms with van der Waals surface area (Å²) in [6.45, 7) is 2.47. The van der Waals surface area contributed by atoms with Crippen LogP contribution in [-0.4, -0.2) is 30.6 Å². The van der Waals surface area contributed by atoms with Gasteiger partial charge in [-0.1, -0.05) is 60.7 Å². The maximum absolute atomic E-state index is 12.3.